The number of hydrogen-bond acceptors (Lipinski definition) is 4. The van der Waals surface area contributed by atoms with Gasteiger partial charge in [0.2, 0.25) is 0 Å². The smallest absolute Gasteiger partial charge is 0.285 e. The lowest BCUT2D eigenvalue weighted by atomic mass is 10.1. The summed E-state index contributed by atoms with van der Waals surface area (Å²) < 4.78 is 5.27. The summed E-state index contributed by atoms with van der Waals surface area (Å²) in [5.74, 6) is 0.847. The first-order chi connectivity index (χ1) is 9.22. The number of benzene rings is 1. The van der Waals surface area contributed by atoms with E-state index in [1.807, 2.05) is 24.3 Å². The number of rotatable bonds is 5. The second-order valence-corrected chi connectivity index (χ2v) is 4.29. The Labute approximate surface area is 115 Å². The van der Waals surface area contributed by atoms with E-state index in [1.165, 1.54) is 6.20 Å². The molecule has 2 aromatic rings. The summed E-state index contributed by atoms with van der Waals surface area (Å²) >= 11 is 5.86. The third-order valence-corrected chi connectivity index (χ3v) is 3.07. The molecule has 2 N–H and O–H groups in total. The van der Waals surface area contributed by atoms with Crippen LogP contribution >= 0.6 is 11.6 Å². The Morgan fingerprint density at radius 1 is 1.42 bits per heavy atom. The van der Waals surface area contributed by atoms with Crippen molar-refractivity contribution in [1.82, 2.24) is 10.2 Å². The number of nitrogens with zero attached hydrogens (tertiary/aromatic N) is 1. The third kappa shape index (κ3) is 3.26. The summed E-state index contributed by atoms with van der Waals surface area (Å²) in [6.45, 7) is 0.630. The maximum atomic E-state index is 11.3. The number of methoxy groups -OCH3 is 1. The van der Waals surface area contributed by atoms with Crippen molar-refractivity contribution in [2.45, 2.75) is 6.42 Å². The van der Waals surface area contributed by atoms with Crippen LogP contribution in [0.3, 0.4) is 0 Å². The van der Waals surface area contributed by atoms with Crippen molar-refractivity contribution in [2.75, 3.05) is 19.0 Å². The Morgan fingerprint density at radius 2 is 2.21 bits per heavy atom. The summed E-state index contributed by atoms with van der Waals surface area (Å²) in [6, 6.07) is 7.79. The molecule has 0 aliphatic carbocycles. The van der Waals surface area contributed by atoms with Gasteiger partial charge in [0.05, 0.1) is 19.0 Å². The van der Waals surface area contributed by atoms with E-state index in [9.17, 15) is 4.79 Å². The highest BCUT2D eigenvalue weighted by Crippen LogP contribution is 2.19. The van der Waals surface area contributed by atoms with Gasteiger partial charge in [0.1, 0.15) is 10.8 Å². The van der Waals surface area contributed by atoms with Gasteiger partial charge in [-0.2, -0.15) is 5.10 Å². The zero-order chi connectivity index (χ0) is 13.7. The van der Waals surface area contributed by atoms with Crippen LogP contribution in [0.2, 0.25) is 5.02 Å². The van der Waals surface area contributed by atoms with E-state index in [-0.39, 0.29) is 5.02 Å². The highest BCUT2D eigenvalue weighted by Gasteiger charge is 2.05. The number of H-pyrrole nitrogens is 1. The second-order valence-electron chi connectivity index (χ2n) is 3.92. The number of para-hydroxylation sites is 1. The lowest BCUT2D eigenvalue weighted by Gasteiger charge is -2.10. The molecule has 1 heterocycles. The fraction of sp³-hybridized carbons (Fsp3) is 0.231. The zero-order valence-electron chi connectivity index (χ0n) is 10.4. The first-order valence-electron chi connectivity index (χ1n) is 5.81. The summed E-state index contributed by atoms with van der Waals surface area (Å²) in [5, 5.41) is 9.17. The molecule has 0 spiro atoms. The molecule has 0 aliphatic heterocycles. The molecule has 0 saturated heterocycles. The Morgan fingerprint density at radius 3 is 3.00 bits per heavy atom. The molecule has 6 heteroatoms. The van der Waals surface area contributed by atoms with Crippen LogP contribution in [0.25, 0.3) is 0 Å². The van der Waals surface area contributed by atoms with Gasteiger partial charge in [-0.3, -0.25) is 4.79 Å². The average Bonchev–Trinajstić information content (AvgIpc) is 2.44. The van der Waals surface area contributed by atoms with E-state index in [2.05, 4.69) is 15.5 Å². The monoisotopic (exact) mass is 279 g/mol. The Hall–Kier alpha value is -2.01. The number of halogens is 1. The molecule has 0 bridgehead atoms. The highest BCUT2D eigenvalue weighted by molar-refractivity contribution is 6.32. The summed E-state index contributed by atoms with van der Waals surface area (Å²) in [4.78, 5) is 11.3. The molecule has 0 saturated carbocycles. The topological polar surface area (TPSA) is 67.0 Å². The fourth-order valence-corrected chi connectivity index (χ4v) is 1.91. The molecule has 0 aliphatic rings. The van der Waals surface area contributed by atoms with Gasteiger partial charge in [-0.05, 0) is 18.1 Å². The lowest BCUT2D eigenvalue weighted by molar-refractivity contribution is 0.410. The van der Waals surface area contributed by atoms with Crippen LogP contribution in [0.15, 0.2) is 35.3 Å². The molecule has 5 nitrogen and oxygen atoms in total. The molecule has 19 heavy (non-hydrogen) atoms. The maximum absolute atomic E-state index is 11.3. The minimum absolute atomic E-state index is 0.120. The van der Waals surface area contributed by atoms with Crippen molar-refractivity contribution in [2.24, 2.45) is 0 Å². The van der Waals surface area contributed by atoms with Crippen LogP contribution < -0.4 is 15.6 Å². The Bertz CT molecular complexity index is 613. The van der Waals surface area contributed by atoms with Gasteiger partial charge in [-0.1, -0.05) is 29.8 Å². The minimum atomic E-state index is -0.399. The fourth-order valence-electron chi connectivity index (χ4n) is 1.75. The Kier molecular flexibility index (Phi) is 4.41. The number of hydrogen-bond donors (Lipinski definition) is 2. The number of aromatic nitrogens is 2. The standard InChI is InChI=1S/C13H14ClN3O2/c1-19-11-5-3-2-4-9(11)6-7-15-10-8-16-17-13(18)12(10)14/h2-5,8H,6-7H2,1H3,(H2,15,17,18). The van der Waals surface area contributed by atoms with Crippen molar-refractivity contribution in [3.05, 3.63) is 51.4 Å². The van der Waals surface area contributed by atoms with Crippen LogP contribution in [0.4, 0.5) is 5.69 Å². The van der Waals surface area contributed by atoms with Crippen molar-refractivity contribution < 1.29 is 4.74 Å². The summed E-state index contributed by atoms with van der Waals surface area (Å²) in [6.07, 6.45) is 2.25. The number of nitrogens with one attached hydrogen (secondary N) is 2. The maximum Gasteiger partial charge on any atom is 0.285 e. The molecule has 0 fully saturated rings. The van der Waals surface area contributed by atoms with Gasteiger partial charge < -0.3 is 10.1 Å². The van der Waals surface area contributed by atoms with E-state index in [1.54, 1.807) is 7.11 Å². The van der Waals surface area contributed by atoms with Gasteiger partial charge in [0.25, 0.3) is 5.56 Å². The van der Waals surface area contributed by atoms with Gasteiger partial charge in [-0.25, -0.2) is 5.10 Å². The molecule has 1 aromatic carbocycles. The van der Waals surface area contributed by atoms with E-state index >= 15 is 0 Å². The van der Waals surface area contributed by atoms with Gasteiger partial charge in [-0.15, -0.1) is 0 Å². The van der Waals surface area contributed by atoms with Crippen LogP contribution in [-0.2, 0) is 6.42 Å². The molecule has 0 amide bonds. The van der Waals surface area contributed by atoms with E-state index < -0.39 is 5.56 Å². The van der Waals surface area contributed by atoms with E-state index in [0.29, 0.717) is 12.2 Å². The molecule has 0 unspecified atom stereocenters. The van der Waals surface area contributed by atoms with Crippen molar-refractivity contribution in [3.8, 4) is 5.75 Å². The minimum Gasteiger partial charge on any atom is -0.496 e. The highest BCUT2D eigenvalue weighted by atomic mass is 35.5. The molecule has 100 valence electrons. The normalized spacial score (nSPS) is 10.2. The SMILES string of the molecule is COc1ccccc1CCNc1cn[nH]c(=O)c1Cl. The molecule has 1 aromatic heterocycles. The van der Waals surface area contributed by atoms with E-state index in [0.717, 1.165) is 17.7 Å². The van der Waals surface area contributed by atoms with Crippen molar-refractivity contribution in [1.29, 1.82) is 0 Å². The van der Waals surface area contributed by atoms with Crippen molar-refractivity contribution >= 4 is 17.3 Å². The second kappa shape index (κ2) is 6.24. The number of anilines is 1. The van der Waals surface area contributed by atoms with Crippen LogP contribution in [0.1, 0.15) is 5.56 Å². The summed E-state index contributed by atoms with van der Waals surface area (Å²) in [7, 11) is 1.64. The van der Waals surface area contributed by atoms with Crippen LogP contribution in [0.5, 0.6) is 5.75 Å². The largest absolute Gasteiger partial charge is 0.496 e. The predicted octanol–water partition coefficient (Wildman–Crippen LogP) is 2.09. The number of aromatic amines is 1. The third-order valence-electron chi connectivity index (χ3n) is 2.70. The van der Waals surface area contributed by atoms with Gasteiger partial charge >= 0.3 is 0 Å². The molecular weight excluding hydrogens is 266 g/mol. The summed E-state index contributed by atoms with van der Waals surface area (Å²) in [5.41, 5.74) is 1.22. The van der Waals surface area contributed by atoms with E-state index in [4.69, 9.17) is 16.3 Å². The number of ether oxygens (including phenoxy) is 1. The first kappa shape index (κ1) is 13.4. The lowest BCUT2D eigenvalue weighted by Crippen LogP contribution is -2.13. The predicted molar refractivity (Wildman–Crippen MR) is 75.1 cm³/mol. The van der Waals surface area contributed by atoms with Crippen LogP contribution in [0, 0.1) is 0 Å². The van der Waals surface area contributed by atoms with Gasteiger partial charge in [0.15, 0.2) is 0 Å². The molecule has 2 rings (SSSR count). The van der Waals surface area contributed by atoms with Gasteiger partial charge in [0, 0.05) is 6.54 Å². The zero-order valence-corrected chi connectivity index (χ0v) is 11.2. The quantitative estimate of drug-likeness (QED) is 0.879. The van der Waals surface area contributed by atoms with Crippen LogP contribution in [-0.4, -0.2) is 23.9 Å². The molecule has 0 atom stereocenters. The average molecular weight is 280 g/mol. The van der Waals surface area contributed by atoms with Crippen molar-refractivity contribution in [3.63, 3.8) is 0 Å². The molecule has 0 radical (unpaired) electrons. The first-order valence-corrected chi connectivity index (χ1v) is 6.19. The Balaban J connectivity index is 2.00. The molecular formula is C13H14ClN3O2.